The Bertz CT molecular complexity index is 229. The first-order valence-electron chi connectivity index (χ1n) is 4.48. The molecule has 1 fully saturated rings. The first-order chi connectivity index (χ1) is 5.97. The Kier molecular flexibility index (Phi) is 2.21. The van der Waals surface area contributed by atoms with Crippen molar-refractivity contribution in [1.82, 2.24) is 9.97 Å². The molecule has 0 amide bonds. The Hall–Kier alpha value is -1.12. The number of hydrogen-bond acceptors (Lipinski definition) is 3. The minimum absolute atomic E-state index is 1.03. The highest BCUT2D eigenvalue weighted by molar-refractivity contribution is 5.35. The second kappa shape index (κ2) is 3.52. The van der Waals surface area contributed by atoms with Crippen molar-refractivity contribution in [2.24, 2.45) is 0 Å². The molecule has 1 aliphatic heterocycles. The van der Waals surface area contributed by atoms with E-state index in [2.05, 4.69) is 14.9 Å². The summed E-state index contributed by atoms with van der Waals surface area (Å²) in [6.07, 6.45) is 9.24. The van der Waals surface area contributed by atoms with Gasteiger partial charge in [-0.3, -0.25) is 4.98 Å². The highest BCUT2D eigenvalue weighted by Crippen LogP contribution is 2.15. The van der Waals surface area contributed by atoms with E-state index < -0.39 is 0 Å². The molecule has 0 N–H and O–H groups in total. The van der Waals surface area contributed by atoms with E-state index in [1.165, 1.54) is 19.3 Å². The van der Waals surface area contributed by atoms with Crippen LogP contribution in [-0.4, -0.2) is 23.1 Å². The van der Waals surface area contributed by atoms with Crippen LogP contribution in [0.2, 0.25) is 0 Å². The molecule has 0 saturated carbocycles. The fraction of sp³-hybridized carbons (Fsp3) is 0.556. The number of rotatable bonds is 1. The lowest BCUT2D eigenvalue weighted by molar-refractivity contribution is 0.573. The fourth-order valence-electron chi connectivity index (χ4n) is 1.58. The van der Waals surface area contributed by atoms with E-state index in [0.717, 1.165) is 18.9 Å². The van der Waals surface area contributed by atoms with Crippen molar-refractivity contribution in [3.63, 3.8) is 0 Å². The summed E-state index contributed by atoms with van der Waals surface area (Å²) in [6.45, 7) is 2.28. The summed E-state index contributed by atoms with van der Waals surface area (Å²) in [7, 11) is 0. The molecular formula is C9H13N3. The lowest BCUT2D eigenvalue weighted by Gasteiger charge is -2.26. The van der Waals surface area contributed by atoms with Gasteiger partial charge in [0.15, 0.2) is 0 Å². The van der Waals surface area contributed by atoms with Crippen molar-refractivity contribution in [1.29, 1.82) is 0 Å². The van der Waals surface area contributed by atoms with Gasteiger partial charge in [-0.2, -0.15) is 0 Å². The van der Waals surface area contributed by atoms with Crippen molar-refractivity contribution in [2.45, 2.75) is 19.3 Å². The maximum atomic E-state index is 4.27. The average molecular weight is 163 g/mol. The highest BCUT2D eigenvalue weighted by Gasteiger charge is 2.10. The number of aromatic nitrogens is 2. The van der Waals surface area contributed by atoms with E-state index in [4.69, 9.17) is 0 Å². The van der Waals surface area contributed by atoms with Crippen LogP contribution < -0.4 is 4.90 Å². The molecule has 0 spiro atoms. The maximum Gasteiger partial charge on any atom is 0.147 e. The summed E-state index contributed by atoms with van der Waals surface area (Å²) in [4.78, 5) is 10.6. The Balaban J connectivity index is 2.08. The van der Waals surface area contributed by atoms with Crippen LogP contribution in [0.15, 0.2) is 18.6 Å². The van der Waals surface area contributed by atoms with Crippen LogP contribution in [-0.2, 0) is 0 Å². The largest absolute Gasteiger partial charge is 0.355 e. The Morgan fingerprint density at radius 3 is 2.58 bits per heavy atom. The van der Waals surface area contributed by atoms with E-state index >= 15 is 0 Å². The van der Waals surface area contributed by atoms with Crippen molar-refractivity contribution < 1.29 is 0 Å². The minimum atomic E-state index is 1.03. The third-order valence-corrected chi connectivity index (χ3v) is 2.23. The van der Waals surface area contributed by atoms with Gasteiger partial charge in [-0.1, -0.05) is 0 Å². The van der Waals surface area contributed by atoms with Crippen molar-refractivity contribution in [2.75, 3.05) is 18.0 Å². The van der Waals surface area contributed by atoms with Gasteiger partial charge in [-0.15, -0.1) is 0 Å². The standard InChI is InChI=1S/C9H13N3/c1-2-6-12(7-3-1)9-8-10-4-5-11-9/h4-5,8H,1-3,6-7H2. The molecule has 0 aliphatic carbocycles. The molecule has 1 aromatic heterocycles. The third-order valence-electron chi connectivity index (χ3n) is 2.23. The molecule has 1 aromatic rings. The molecule has 64 valence electrons. The summed E-state index contributed by atoms with van der Waals surface area (Å²) < 4.78 is 0. The zero-order chi connectivity index (χ0) is 8.23. The molecule has 0 bridgehead atoms. The van der Waals surface area contributed by atoms with Gasteiger partial charge in [0.2, 0.25) is 0 Å². The second-order valence-electron chi connectivity index (χ2n) is 3.11. The van der Waals surface area contributed by atoms with Crippen LogP contribution in [0.1, 0.15) is 19.3 Å². The number of anilines is 1. The van der Waals surface area contributed by atoms with Crippen LogP contribution in [0, 0.1) is 0 Å². The predicted molar refractivity (Wildman–Crippen MR) is 48.1 cm³/mol. The number of piperidine rings is 1. The average Bonchev–Trinajstić information content (AvgIpc) is 2.21. The van der Waals surface area contributed by atoms with E-state index in [0.29, 0.717) is 0 Å². The smallest absolute Gasteiger partial charge is 0.147 e. The zero-order valence-corrected chi connectivity index (χ0v) is 7.11. The Labute approximate surface area is 72.4 Å². The quantitative estimate of drug-likeness (QED) is 0.627. The third kappa shape index (κ3) is 1.55. The second-order valence-corrected chi connectivity index (χ2v) is 3.11. The first kappa shape index (κ1) is 7.53. The van der Waals surface area contributed by atoms with Gasteiger partial charge in [0.25, 0.3) is 0 Å². The monoisotopic (exact) mass is 163 g/mol. The molecule has 1 saturated heterocycles. The highest BCUT2D eigenvalue weighted by atomic mass is 15.2. The fourth-order valence-corrected chi connectivity index (χ4v) is 1.58. The van der Waals surface area contributed by atoms with Gasteiger partial charge in [0, 0.05) is 25.5 Å². The van der Waals surface area contributed by atoms with Gasteiger partial charge in [-0.05, 0) is 19.3 Å². The van der Waals surface area contributed by atoms with E-state index in [1.807, 2.05) is 6.20 Å². The number of hydrogen-bond donors (Lipinski definition) is 0. The molecule has 3 nitrogen and oxygen atoms in total. The molecule has 0 unspecified atom stereocenters. The molecule has 1 aliphatic rings. The molecule has 3 heteroatoms. The molecular weight excluding hydrogens is 150 g/mol. The van der Waals surface area contributed by atoms with Gasteiger partial charge in [0.1, 0.15) is 5.82 Å². The van der Waals surface area contributed by atoms with E-state index in [1.54, 1.807) is 12.4 Å². The van der Waals surface area contributed by atoms with Crippen LogP contribution >= 0.6 is 0 Å². The maximum absolute atomic E-state index is 4.27. The molecule has 0 atom stereocenters. The summed E-state index contributed by atoms with van der Waals surface area (Å²) in [5.74, 6) is 1.03. The Morgan fingerprint density at radius 2 is 1.92 bits per heavy atom. The van der Waals surface area contributed by atoms with Crippen molar-refractivity contribution >= 4 is 5.82 Å². The zero-order valence-electron chi connectivity index (χ0n) is 7.11. The lowest BCUT2D eigenvalue weighted by atomic mass is 10.1. The van der Waals surface area contributed by atoms with Crippen LogP contribution in [0.4, 0.5) is 5.82 Å². The van der Waals surface area contributed by atoms with Gasteiger partial charge in [0.05, 0.1) is 6.20 Å². The number of nitrogens with zero attached hydrogens (tertiary/aromatic N) is 3. The SMILES string of the molecule is c1cnc(N2CCCCC2)cn1. The molecule has 2 heterocycles. The summed E-state index contributed by atoms with van der Waals surface area (Å²) >= 11 is 0. The van der Waals surface area contributed by atoms with Crippen LogP contribution in [0.25, 0.3) is 0 Å². The van der Waals surface area contributed by atoms with Gasteiger partial charge in [-0.25, -0.2) is 4.98 Å². The summed E-state index contributed by atoms with van der Waals surface area (Å²) in [5.41, 5.74) is 0. The lowest BCUT2D eigenvalue weighted by Crippen LogP contribution is -2.30. The van der Waals surface area contributed by atoms with Crippen molar-refractivity contribution in [3.05, 3.63) is 18.6 Å². The topological polar surface area (TPSA) is 29.0 Å². The molecule has 0 aromatic carbocycles. The van der Waals surface area contributed by atoms with E-state index in [-0.39, 0.29) is 0 Å². The van der Waals surface area contributed by atoms with Crippen molar-refractivity contribution in [3.8, 4) is 0 Å². The molecule has 2 rings (SSSR count). The van der Waals surface area contributed by atoms with E-state index in [9.17, 15) is 0 Å². The van der Waals surface area contributed by atoms with Crippen LogP contribution in [0.5, 0.6) is 0 Å². The van der Waals surface area contributed by atoms with Gasteiger partial charge < -0.3 is 4.90 Å². The normalized spacial score (nSPS) is 17.8. The minimum Gasteiger partial charge on any atom is -0.355 e. The molecule has 12 heavy (non-hydrogen) atoms. The van der Waals surface area contributed by atoms with Crippen LogP contribution in [0.3, 0.4) is 0 Å². The Morgan fingerprint density at radius 1 is 1.08 bits per heavy atom. The van der Waals surface area contributed by atoms with Gasteiger partial charge >= 0.3 is 0 Å². The molecule has 0 radical (unpaired) electrons. The predicted octanol–water partition coefficient (Wildman–Crippen LogP) is 1.47. The summed E-state index contributed by atoms with van der Waals surface area (Å²) in [6, 6.07) is 0. The first-order valence-corrected chi connectivity index (χ1v) is 4.48. The summed E-state index contributed by atoms with van der Waals surface area (Å²) in [5, 5.41) is 0.